The molecule has 5 nitrogen and oxygen atoms in total. The number of nitrogens with zero attached hydrogens (tertiary/aromatic N) is 1. The number of allylic oxidation sites excluding steroid dienone is 2. The van der Waals surface area contributed by atoms with Crippen molar-refractivity contribution < 1.29 is 19.1 Å². The van der Waals surface area contributed by atoms with Crippen LogP contribution in [-0.4, -0.2) is 17.8 Å². The summed E-state index contributed by atoms with van der Waals surface area (Å²) in [5.74, 6) is -0.585. The van der Waals surface area contributed by atoms with Crippen molar-refractivity contribution in [2.75, 3.05) is 4.90 Å². The lowest BCUT2D eigenvalue weighted by molar-refractivity contribution is -0.123. The summed E-state index contributed by atoms with van der Waals surface area (Å²) in [5.41, 5.74) is 1.81. The topological polar surface area (TPSA) is 63.7 Å². The van der Waals surface area contributed by atoms with Crippen molar-refractivity contribution in [3.63, 3.8) is 0 Å². The van der Waals surface area contributed by atoms with Gasteiger partial charge in [-0.3, -0.25) is 9.59 Å². The molecule has 2 aromatic carbocycles. The number of aryl methyl sites for hydroxylation is 1. The van der Waals surface area contributed by atoms with Crippen molar-refractivity contribution in [1.82, 2.24) is 0 Å². The number of amides is 2. The second kappa shape index (κ2) is 6.16. The van der Waals surface area contributed by atoms with Crippen molar-refractivity contribution in [3.05, 3.63) is 71.8 Å². The Morgan fingerprint density at radius 1 is 0.964 bits per heavy atom. The van der Waals surface area contributed by atoms with Gasteiger partial charge in [0.1, 0.15) is 5.75 Å². The Hall–Kier alpha value is -3.21. The highest BCUT2D eigenvalue weighted by Gasteiger charge is 2.59. The third kappa shape index (κ3) is 2.50. The van der Waals surface area contributed by atoms with Crippen LogP contribution in [0.4, 0.5) is 5.69 Å². The van der Waals surface area contributed by atoms with Gasteiger partial charge in [-0.25, -0.2) is 9.69 Å². The Labute approximate surface area is 162 Å². The van der Waals surface area contributed by atoms with Crippen LogP contribution in [0.25, 0.3) is 0 Å². The lowest BCUT2D eigenvalue weighted by Gasteiger charge is -2.18. The number of rotatable bonds is 3. The van der Waals surface area contributed by atoms with Crippen LogP contribution in [-0.2, 0) is 9.59 Å². The molecular formula is C23H19NO4. The third-order valence-electron chi connectivity index (χ3n) is 6.04. The first-order valence-corrected chi connectivity index (χ1v) is 9.48. The van der Waals surface area contributed by atoms with Crippen LogP contribution in [0.5, 0.6) is 5.75 Å². The van der Waals surface area contributed by atoms with Crippen LogP contribution in [0, 0.1) is 30.6 Å². The summed E-state index contributed by atoms with van der Waals surface area (Å²) in [6.45, 7) is 1.95. The Morgan fingerprint density at radius 3 is 2.25 bits per heavy atom. The average molecular weight is 373 g/mol. The molecule has 28 heavy (non-hydrogen) atoms. The Morgan fingerprint density at radius 2 is 1.61 bits per heavy atom. The molecule has 0 radical (unpaired) electrons. The fourth-order valence-electron chi connectivity index (χ4n) is 4.70. The van der Waals surface area contributed by atoms with E-state index >= 15 is 0 Å². The highest BCUT2D eigenvalue weighted by atomic mass is 16.5. The zero-order valence-electron chi connectivity index (χ0n) is 15.4. The molecule has 2 aliphatic carbocycles. The number of imide groups is 1. The summed E-state index contributed by atoms with van der Waals surface area (Å²) in [4.78, 5) is 39.7. The van der Waals surface area contributed by atoms with Gasteiger partial charge in [0.2, 0.25) is 11.8 Å². The van der Waals surface area contributed by atoms with E-state index in [0.29, 0.717) is 17.0 Å². The minimum absolute atomic E-state index is 0.157. The van der Waals surface area contributed by atoms with E-state index in [-0.39, 0.29) is 35.5 Å². The van der Waals surface area contributed by atoms with E-state index in [1.54, 1.807) is 36.4 Å². The Balaban J connectivity index is 1.40. The number of carbonyl (C=O) groups is 3. The predicted molar refractivity (Wildman–Crippen MR) is 103 cm³/mol. The fraction of sp³-hybridized carbons (Fsp3) is 0.261. The van der Waals surface area contributed by atoms with Crippen LogP contribution in [0.1, 0.15) is 22.3 Å². The molecule has 1 heterocycles. The summed E-state index contributed by atoms with van der Waals surface area (Å²) in [5, 5.41) is 0. The Bertz CT molecular complexity index is 993. The second-order valence-electron chi connectivity index (χ2n) is 7.76. The van der Waals surface area contributed by atoms with E-state index in [4.69, 9.17) is 4.74 Å². The SMILES string of the molecule is Cc1ccc(OC(=O)c2cccc(N3C(=O)C4C5C=CC(C5)C4C3=O)c2)cc1. The van der Waals surface area contributed by atoms with Crippen LogP contribution in [0.3, 0.4) is 0 Å². The first kappa shape index (κ1) is 16.9. The molecule has 1 saturated heterocycles. The quantitative estimate of drug-likeness (QED) is 0.357. The molecule has 3 aliphatic rings. The molecule has 5 rings (SSSR count). The van der Waals surface area contributed by atoms with Gasteiger partial charge < -0.3 is 4.74 Å². The fourth-order valence-corrected chi connectivity index (χ4v) is 4.70. The maximum atomic E-state index is 12.9. The molecule has 1 saturated carbocycles. The van der Waals surface area contributed by atoms with Crippen LogP contribution < -0.4 is 9.64 Å². The first-order chi connectivity index (χ1) is 13.5. The van der Waals surface area contributed by atoms with E-state index < -0.39 is 5.97 Å². The van der Waals surface area contributed by atoms with Gasteiger partial charge in [0.15, 0.2) is 0 Å². The number of hydrogen-bond acceptors (Lipinski definition) is 4. The maximum Gasteiger partial charge on any atom is 0.343 e. The van der Waals surface area contributed by atoms with E-state index in [2.05, 4.69) is 12.2 Å². The number of esters is 1. The van der Waals surface area contributed by atoms with Crippen molar-refractivity contribution in [2.45, 2.75) is 13.3 Å². The zero-order valence-corrected chi connectivity index (χ0v) is 15.4. The van der Waals surface area contributed by atoms with E-state index in [1.807, 2.05) is 19.1 Å². The number of benzene rings is 2. The summed E-state index contributed by atoms with van der Waals surface area (Å²) >= 11 is 0. The summed E-state index contributed by atoms with van der Waals surface area (Å²) in [6, 6.07) is 13.7. The lowest BCUT2D eigenvalue weighted by atomic mass is 9.85. The summed E-state index contributed by atoms with van der Waals surface area (Å²) in [7, 11) is 0. The van der Waals surface area contributed by atoms with Crippen molar-refractivity contribution in [3.8, 4) is 5.75 Å². The monoisotopic (exact) mass is 373 g/mol. The van der Waals surface area contributed by atoms with Crippen molar-refractivity contribution in [2.24, 2.45) is 23.7 Å². The van der Waals surface area contributed by atoms with Crippen LogP contribution in [0.15, 0.2) is 60.7 Å². The molecule has 0 N–H and O–H groups in total. The molecule has 4 unspecified atom stereocenters. The number of anilines is 1. The number of carbonyl (C=O) groups excluding carboxylic acids is 3. The van der Waals surface area contributed by atoms with Crippen molar-refractivity contribution in [1.29, 1.82) is 0 Å². The zero-order chi connectivity index (χ0) is 19.4. The third-order valence-corrected chi connectivity index (χ3v) is 6.04. The smallest absolute Gasteiger partial charge is 0.343 e. The van der Waals surface area contributed by atoms with Gasteiger partial charge in [0.05, 0.1) is 23.1 Å². The van der Waals surface area contributed by atoms with E-state index in [1.165, 1.54) is 4.90 Å². The molecule has 1 aliphatic heterocycles. The van der Waals surface area contributed by atoms with Gasteiger partial charge >= 0.3 is 5.97 Å². The number of fused-ring (bicyclic) bond motifs is 5. The molecule has 2 aromatic rings. The van der Waals surface area contributed by atoms with Gasteiger partial charge in [-0.05, 0) is 55.5 Å². The number of ether oxygens (including phenoxy) is 1. The molecule has 140 valence electrons. The molecule has 0 aromatic heterocycles. The van der Waals surface area contributed by atoms with Gasteiger partial charge in [-0.2, -0.15) is 0 Å². The maximum absolute atomic E-state index is 12.9. The van der Waals surface area contributed by atoms with Crippen molar-refractivity contribution >= 4 is 23.5 Å². The highest BCUT2D eigenvalue weighted by molar-refractivity contribution is 6.23. The van der Waals surface area contributed by atoms with E-state index in [0.717, 1.165) is 12.0 Å². The molecule has 0 spiro atoms. The second-order valence-corrected chi connectivity index (χ2v) is 7.76. The van der Waals surface area contributed by atoms with Gasteiger partial charge in [0.25, 0.3) is 0 Å². The lowest BCUT2D eigenvalue weighted by Crippen LogP contribution is -2.33. The highest BCUT2D eigenvalue weighted by Crippen LogP contribution is 2.53. The molecule has 2 bridgehead atoms. The molecule has 2 fully saturated rings. The van der Waals surface area contributed by atoms with E-state index in [9.17, 15) is 14.4 Å². The van der Waals surface area contributed by atoms with Crippen LogP contribution >= 0.6 is 0 Å². The van der Waals surface area contributed by atoms with Crippen LogP contribution in [0.2, 0.25) is 0 Å². The average Bonchev–Trinajstić information content (AvgIpc) is 3.37. The Kier molecular flexibility index (Phi) is 3.72. The molecule has 2 amide bonds. The normalized spacial score (nSPS) is 27.4. The molecule has 4 atom stereocenters. The predicted octanol–water partition coefficient (Wildman–Crippen LogP) is 3.53. The summed E-state index contributed by atoms with van der Waals surface area (Å²) in [6.07, 6.45) is 5.02. The van der Waals surface area contributed by atoms with Gasteiger partial charge in [-0.1, -0.05) is 35.9 Å². The minimum atomic E-state index is -0.522. The molecule has 5 heteroatoms. The first-order valence-electron chi connectivity index (χ1n) is 9.48. The molecular weight excluding hydrogens is 354 g/mol. The largest absolute Gasteiger partial charge is 0.423 e. The van der Waals surface area contributed by atoms with Gasteiger partial charge in [-0.15, -0.1) is 0 Å². The number of hydrogen-bond donors (Lipinski definition) is 0. The standard InChI is InChI=1S/C23H19NO4/c1-13-5-9-18(10-6-13)28-23(27)16-3-2-4-17(12-16)24-21(25)19-14-7-8-15(11-14)20(19)22(24)26/h2-10,12,14-15,19-20H,11H2,1H3. The minimum Gasteiger partial charge on any atom is -0.423 e. The summed E-state index contributed by atoms with van der Waals surface area (Å²) < 4.78 is 5.41. The van der Waals surface area contributed by atoms with Gasteiger partial charge in [0, 0.05) is 0 Å².